The van der Waals surface area contributed by atoms with E-state index in [1.54, 1.807) is 25.1 Å². The van der Waals surface area contributed by atoms with Gasteiger partial charge in [-0.1, -0.05) is 54.9 Å². The molecule has 0 spiro atoms. The molecule has 0 aromatic heterocycles. The van der Waals surface area contributed by atoms with Crippen LogP contribution < -0.4 is 14.8 Å². The highest BCUT2D eigenvalue weighted by Gasteiger charge is 2.18. The lowest BCUT2D eigenvalue weighted by Crippen LogP contribution is -2.30. The number of benzene rings is 3. The van der Waals surface area contributed by atoms with Gasteiger partial charge in [-0.3, -0.25) is 4.79 Å². The van der Waals surface area contributed by atoms with E-state index in [1.165, 1.54) is 0 Å². The van der Waals surface area contributed by atoms with Gasteiger partial charge in [0.1, 0.15) is 11.5 Å². The lowest BCUT2D eigenvalue weighted by molar-refractivity contribution is -0.122. The summed E-state index contributed by atoms with van der Waals surface area (Å²) >= 11 is 6.11. The highest BCUT2D eigenvalue weighted by Crippen LogP contribution is 2.32. The normalized spacial score (nSPS) is 11.5. The van der Waals surface area contributed by atoms with Crippen LogP contribution in [0.25, 0.3) is 0 Å². The number of halogens is 1. The molecule has 1 N–H and O–H groups in total. The predicted octanol–water partition coefficient (Wildman–Crippen LogP) is 6.10. The fourth-order valence-electron chi connectivity index (χ4n) is 2.69. The van der Waals surface area contributed by atoms with Crippen molar-refractivity contribution < 1.29 is 14.3 Å². The Morgan fingerprint density at radius 3 is 2.46 bits per heavy atom. The number of anilines is 1. The van der Waals surface area contributed by atoms with Gasteiger partial charge in [-0.05, 0) is 55.3 Å². The topological polar surface area (TPSA) is 47.6 Å². The van der Waals surface area contributed by atoms with Gasteiger partial charge < -0.3 is 14.8 Å². The number of amides is 1. The van der Waals surface area contributed by atoms with Crippen LogP contribution in [0.1, 0.15) is 19.4 Å². The Morgan fingerprint density at radius 1 is 1.00 bits per heavy atom. The van der Waals surface area contributed by atoms with Crippen LogP contribution in [-0.4, -0.2) is 12.0 Å². The quantitative estimate of drug-likeness (QED) is 0.525. The van der Waals surface area contributed by atoms with Crippen molar-refractivity contribution in [1.29, 1.82) is 0 Å². The third-order valence-corrected chi connectivity index (χ3v) is 4.43. The van der Waals surface area contributed by atoms with Gasteiger partial charge in [-0.15, -0.1) is 0 Å². The van der Waals surface area contributed by atoms with Gasteiger partial charge >= 0.3 is 0 Å². The Kier molecular flexibility index (Phi) is 6.56. The van der Waals surface area contributed by atoms with Gasteiger partial charge in [-0.2, -0.15) is 0 Å². The molecule has 0 aliphatic carbocycles. The van der Waals surface area contributed by atoms with Crippen molar-refractivity contribution in [3.63, 3.8) is 0 Å². The van der Waals surface area contributed by atoms with Crippen LogP contribution >= 0.6 is 11.6 Å². The van der Waals surface area contributed by atoms with E-state index < -0.39 is 6.10 Å². The molecular formula is C23H22ClNO3. The van der Waals surface area contributed by atoms with E-state index in [1.807, 2.05) is 61.5 Å². The molecule has 4 nitrogen and oxygen atoms in total. The van der Waals surface area contributed by atoms with Crippen molar-refractivity contribution in [2.75, 3.05) is 5.32 Å². The second kappa shape index (κ2) is 9.29. The SMILES string of the molecule is CCc1ccccc1O[C@@H](C)C(=O)Nc1cc(Cl)ccc1Oc1ccccc1. The van der Waals surface area contributed by atoms with Gasteiger partial charge in [0.05, 0.1) is 5.69 Å². The summed E-state index contributed by atoms with van der Waals surface area (Å²) in [7, 11) is 0. The molecule has 28 heavy (non-hydrogen) atoms. The summed E-state index contributed by atoms with van der Waals surface area (Å²) in [5.41, 5.74) is 1.54. The van der Waals surface area contributed by atoms with Crippen molar-refractivity contribution in [3.8, 4) is 17.2 Å². The maximum absolute atomic E-state index is 12.7. The van der Waals surface area contributed by atoms with Crippen molar-refractivity contribution in [2.24, 2.45) is 0 Å². The minimum Gasteiger partial charge on any atom is -0.481 e. The van der Waals surface area contributed by atoms with Crippen molar-refractivity contribution in [2.45, 2.75) is 26.4 Å². The minimum absolute atomic E-state index is 0.286. The Labute approximate surface area is 170 Å². The third-order valence-electron chi connectivity index (χ3n) is 4.20. The lowest BCUT2D eigenvalue weighted by atomic mass is 10.1. The number of hydrogen-bond donors (Lipinski definition) is 1. The minimum atomic E-state index is -0.684. The molecule has 0 bridgehead atoms. The molecule has 1 amide bonds. The molecule has 0 aliphatic heterocycles. The lowest BCUT2D eigenvalue weighted by Gasteiger charge is -2.18. The van der Waals surface area contributed by atoms with Crippen LogP contribution in [0.5, 0.6) is 17.2 Å². The van der Waals surface area contributed by atoms with E-state index in [9.17, 15) is 4.79 Å². The average molecular weight is 396 g/mol. The van der Waals surface area contributed by atoms with Crippen molar-refractivity contribution >= 4 is 23.2 Å². The second-order valence-electron chi connectivity index (χ2n) is 6.27. The number of aryl methyl sites for hydroxylation is 1. The largest absolute Gasteiger partial charge is 0.481 e. The number of hydrogen-bond acceptors (Lipinski definition) is 3. The molecule has 0 heterocycles. The molecule has 0 saturated carbocycles. The zero-order valence-corrected chi connectivity index (χ0v) is 16.6. The molecule has 1 atom stereocenters. The number of para-hydroxylation sites is 2. The van der Waals surface area contributed by atoms with Crippen LogP contribution in [0.3, 0.4) is 0 Å². The molecule has 0 fully saturated rings. The molecule has 0 radical (unpaired) electrons. The van der Waals surface area contributed by atoms with Crippen LogP contribution in [-0.2, 0) is 11.2 Å². The molecule has 0 saturated heterocycles. The fourth-order valence-corrected chi connectivity index (χ4v) is 2.87. The van der Waals surface area contributed by atoms with Crippen LogP contribution in [0.4, 0.5) is 5.69 Å². The van der Waals surface area contributed by atoms with Crippen molar-refractivity contribution in [3.05, 3.63) is 83.4 Å². The van der Waals surface area contributed by atoms with Crippen LogP contribution in [0, 0.1) is 0 Å². The van der Waals surface area contributed by atoms with Gasteiger partial charge in [0.15, 0.2) is 11.9 Å². The fraction of sp³-hybridized carbons (Fsp3) is 0.174. The first kappa shape index (κ1) is 19.8. The number of nitrogens with one attached hydrogen (secondary N) is 1. The first-order valence-electron chi connectivity index (χ1n) is 9.14. The molecule has 144 valence electrons. The summed E-state index contributed by atoms with van der Waals surface area (Å²) in [4.78, 5) is 12.7. The number of carbonyl (C=O) groups excluding carboxylic acids is 1. The smallest absolute Gasteiger partial charge is 0.265 e. The summed E-state index contributed by atoms with van der Waals surface area (Å²) in [5, 5.41) is 3.36. The van der Waals surface area contributed by atoms with E-state index in [0.717, 1.165) is 12.0 Å². The second-order valence-corrected chi connectivity index (χ2v) is 6.70. The van der Waals surface area contributed by atoms with Crippen LogP contribution in [0.15, 0.2) is 72.8 Å². The first-order chi connectivity index (χ1) is 13.6. The maximum Gasteiger partial charge on any atom is 0.265 e. The molecule has 5 heteroatoms. The monoisotopic (exact) mass is 395 g/mol. The zero-order chi connectivity index (χ0) is 19.9. The van der Waals surface area contributed by atoms with E-state index in [-0.39, 0.29) is 5.91 Å². The number of carbonyl (C=O) groups is 1. The Bertz CT molecular complexity index is 944. The van der Waals surface area contributed by atoms with E-state index in [0.29, 0.717) is 28.0 Å². The molecule has 0 aliphatic rings. The highest BCUT2D eigenvalue weighted by molar-refractivity contribution is 6.31. The third kappa shape index (κ3) is 5.05. The summed E-state index contributed by atoms with van der Waals surface area (Å²) in [6.07, 6.45) is 0.143. The van der Waals surface area contributed by atoms with Crippen molar-refractivity contribution in [1.82, 2.24) is 0 Å². The summed E-state index contributed by atoms with van der Waals surface area (Å²) in [5.74, 6) is 1.59. The average Bonchev–Trinajstić information content (AvgIpc) is 2.71. The molecular weight excluding hydrogens is 374 g/mol. The van der Waals surface area contributed by atoms with Gasteiger partial charge in [0.2, 0.25) is 0 Å². The number of rotatable bonds is 7. The molecule has 0 unspecified atom stereocenters. The standard InChI is InChI=1S/C23H22ClNO3/c1-3-17-9-7-8-12-21(17)27-16(2)23(26)25-20-15-18(24)13-14-22(20)28-19-10-5-4-6-11-19/h4-16H,3H2,1-2H3,(H,25,26)/t16-/m0/s1. The summed E-state index contributed by atoms with van der Waals surface area (Å²) in [6, 6.07) is 22.1. The van der Waals surface area contributed by atoms with Crippen LogP contribution in [0.2, 0.25) is 5.02 Å². The molecule has 3 aromatic carbocycles. The zero-order valence-electron chi connectivity index (χ0n) is 15.8. The molecule has 3 aromatic rings. The first-order valence-corrected chi connectivity index (χ1v) is 9.52. The molecule has 3 rings (SSSR count). The summed E-state index contributed by atoms with van der Waals surface area (Å²) in [6.45, 7) is 3.76. The van der Waals surface area contributed by atoms with Gasteiger partial charge in [-0.25, -0.2) is 0 Å². The maximum atomic E-state index is 12.7. The van der Waals surface area contributed by atoms with E-state index >= 15 is 0 Å². The Morgan fingerprint density at radius 2 is 1.71 bits per heavy atom. The van der Waals surface area contributed by atoms with Gasteiger partial charge in [0, 0.05) is 5.02 Å². The highest BCUT2D eigenvalue weighted by atomic mass is 35.5. The van der Waals surface area contributed by atoms with Gasteiger partial charge in [0.25, 0.3) is 5.91 Å². The van der Waals surface area contributed by atoms with E-state index in [2.05, 4.69) is 5.32 Å². The summed E-state index contributed by atoms with van der Waals surface area (Å²) < 4.78 is 11.8. The van der Waals surface area contributed by atoms with E-state index in [4.69, 9.17) is 21.1 Å². The number of ether oxygens (including phenoxy) is 2. The Balaban J connectivity index is 1.75. The Hall–Kier alpha value is -2.98. The predicted molar refractivity (Wildman–Crippen MR) is 113 cm³/mol.